The van der Waals surface area contributed by atoms with E-state index in [2.05, 4.69) is 14.7 Å². The lowest BCUT2D eigenvalue weighted by atomic mass is 10.2. The summed E-state index contributed by atoms with van der Waals surface area (Å²) in [5.74, 6) is 1.37. The van der Waals surface area contributed by atoms with Gasteiger partial charge in [0.2, 0.25) is 10.0 Å². The molecule has 8 nitrogen and oxygen atoms in total. The van der Waals surface area contributed by atoms with Gasteiger partial charge in [0, 0.05) is 12.3 Å². The van der Waals surface area contributed by atoms with Crippen LogP contribution in [0.5, 0.6) is 11.5 Å². The second-order valence-corrected chi connectivity index (χ2v) is 8.55. The summed E-state index contributed by atoms with van der Waals surface area (Å²) in [6, 6.07) is 18.0. The number of ether oxygens (including phenoxy) is 2. The van der Waals surface area contributed by atoms with Gasteiger partial charge in [-0.25, -0.2) is 23.1 Å². The van der Waals surface area contributed by atoms with Crippen LogP contribution in [0, 0.1) is 0 Å². The van der Waals surface area contributed by atoms with Crippen LogP contribution in [0.4, 0.5) is 0 Å². The number of hydrogen-bond donors (Lipinski definition) is 1. The summed E-state index contributed by atoms with van der Waals surface area (Å²) in [4.78, 5) is 9.11. The average molecular weight is 439 g/mol. The summed E-state index contributed by atoms with van der Waals surface area (Å²) in [7, 11) is -0.848. The number of aromatic nitrogens is 3. The van der Waals surface area contributed by atoms with Crippen LogP contribution in [0.25, 0.3) is 11.2 Å². The van der Waals surface area contributed by atoms with Gasteiger partial charge in [-0.1, -0.05) is 30.3 Å². The Labute approximate surface area is 180 Å². The Balaban J connectivity index is 1.63. The van der Waals surface area contributed by atoms with Crippen molar-refractivity contribution in [3.8, 4) is 11.5 Å². The van der Waals surface area contributed by atoms with Crippen LogP contribution in [-0.2, 0) is 23.1 Å². The molecule has 4 aromatic rings. The Kier molecular flexibility index (Phi) is 5.88. The van der Waals surface area contributed by atoms with Gasteiger partial charge in [-0.05, 0) is 29.8 Å². The number of nitrogens with zero attached hydrogens (tertiary/aromatic N) is 3. The number of imidazole rings is 1. The normalized spacial score (nSPS) is 11.5. The fourth-order valence-corrected chi connectivity index (χ4v) is 4.29. The van der Waals surface area contributed by atoms with Crippen LogP contribution < -0.4 is 14.2 Å². The molecule has 0 aliphatic rings. The topological polar surface area (TPSA) is 95.3 Å². The highest BCUT2D eigenvalue weighted by Crippen LogP contribution is 2.29. The van der Waals surface area contributed by atoms with Crippen molar-refractivity contribution in [2.24, 2.45) is 0 Å². The minimum absolute atomic E-state index is 0.0138. The van der Waals surface area contributed by atoms with Crippen LogP contribution in [0.3, 0.4) is 0 Å². The van der Waals surface area contributed by atoms with Crippen molar-refractivity contribution in [3.05, 3.63) is 78.2 Å². The van der Waals surface area contributed by atoms with Crippen LogP contribution in [0.1, 0.15) is 11.4 Å². The minimum atomic E-state index is -3.80. The molecule has 0 saturated carbocycles. The van der Waals surface area contributed by atoms with E-state index in [1.54, 1.807) is 18.3 Å². The van der Waals surface area contributed by atoms with Crippen LogP contribution >= 0.6 is 0 Å². The maximum atomic E-state index is 12.9. The smallest absolute Gasteiger partial charge is 0.241 e. The molecule has 0 amide bonds. The largest absolute Gasteiger partial charge is 0.493 e. The zero-order chi connectivity index (χ0) is 21.8. The van der Waals surface area contributed by atoms with Crippen molar-refractivity contribution in [2.75, 3.05) is 14.2 Å². The molecule has 0 fully saturated rings. The lowest BCUT2D eigenvalue weighted by Crippen LogP contribution is -2.25. The van der Waals surface area contributed by atoms with Gasteiger partial charge in [0.05, 0.1) is 32.2 Å². The molecule has 0 aliphatic carbocycles. The van der Waals surface area contributed by atoms with Gasteiger partial charge in [-0.2, -0.15) is 0 Å². The summed E-state index contributed by atoms with van der Waals surface area (Å²) >= 11 is 0. The van der Waals surface area contributed by atoms with Crippen molar-refractivity contribution in [1.82, 2.24) is 19.3 Å². The number of fused-ring (bicyclic) bond motifs is 1. The first kappa shape index (κ1) is 20.8. The highest BCUT2D eigenvalue weighted by molar-refractivity contribution is 7.89. The molecule has 0 radical (unpaired) electrons. The Morgan fingerprint density at radius 2 is 1.74 bits per heavy atom. The van der Waals surface area contributed by atoms with Gasteiger partial charge in [-0.3, -0.25) is 0 Å². The summed E-state index contributed by atoms with van der Waals surface area (Å²) in [5, 5.41) is 0. The van der Waals surface area contributed by atoms with Gasteiger partial charge in [-0.15, -0.1) is 0 Å². The predicted octanol–water partition coefficient (Wildman–Crippen LogP) is 2.98. The number of rotatable bonds is 8. The molecule has 0 unspecified atom stereocenters. The van der Waals surface area contributed by atoms with Gasteiger partial charge in [0.25, 0.3) is 0 Å². The Morgan fingerprint density at radius 3 is 2.48 bits per heavy atom. The van der Waals surface area contributed by atoms with Crippen molar-refractivity contribution >= 4 is 21.2 Å². The number of benzene rings is 2. The summed E-state index contributed by atoms with van der Waals surface area (Å²) < 4.78 is 40.7. The van der Waals surface area contributed by atoms with E-state index in [1.807, 2.05) is 41.0 Å². The van der Waals surface area contributed by atoms with Crippen LogP contribution in [0.15, 0.2) is 71.8 Å². The Morgan fingerprint density at radius 1 is 0.968 bits per heavy atom. The standard InChI is InChI=1S/C22H22N4O4S/c1-29-19-11-10-17(13-20(19)30-2)31(27,28)24-14-21-25-18-9-6-12-23-22(18)26(21)15-16-7-4-3-5-8-16/h3-13,24H,14-15H2,1-2H3. The molecule has 9 heteroatoms. The number of methoxy groups -OCH3 is 2. The van der Waals surface area contributed by atoms with Crippen molar-refractivity contribution in [2.45, 2.75) is 18.0 Å². The first-order chi connectivity index (χ1) is 15.0. The molecule has 160 valence electrons. The van der Waals surface area contributed by atoms with E-state index in [1.165, 1.54) is 26.4 Å². The third-order valence-electron chi connectivity index (χ3n) is 4.85. The van der Waals surface area contributed by atoms with E-state index >= 15 is 0 Å². The molecular formula is C22H22N4O4S. The maximum Gasteiger partial charge on any atom is 0.241 e. The van der Waals surface area contributed by atoms with Gasteiger partial charge >= 0.3 is 0 Å². The lowest BCUT2D eigenvalue weighted by Gasteiger charge is -2.12. The van der Waals surface area contributed by atoms with E-state index in [-0.39, 0.29) is 11.4 Å². The van der Waals surface area contributed by atoms with E-state index in [0.29, 0.717) is 35.0 Å². The third-order valence-corrected chi connectivity index (χ3v) is 6.25. The number of pyridine rings is 1. The lowest BCUT2D eigenvalue weighted by molar-refractivity contribution is 0.354. The van der Waals surface area contributed by atoms with E-state index in [0.717, 1.165) is 5.56 Å². The molecule has 31 heavy (non-hydrogen) atoms. The maximum absolute atomic E-state index is 12.9. The molecule has 0 atom stereocenters. The molecule has 0 aliphatic heterocycles. The molecular weight excluding hydrogens is 416 g/mol. The van der Waals surface area contributed by atoms with Crippen molar-refractivity contribution in [3.63, 3.8) is 0 Å². The second kappa shape index (κ2) is 8.75. The summed E-state index contributed by atoms with van der Waals surface area (Å²) in [6.45, 7) is 0.543. The van der Waals surface area contributed by atoms with E-state index in [9.17, 15) is 8.42 Å². The summed E-state index contributed by atoms with van der Waals surface area (Å²) in [6.07, 6.45) is 1.70. The molecule has 0 saturated heterocycles. The molecule has 0 bridgehead atoms. The third kappa shape index (κ3) is 4.37. The average Bonchev–Trinajstić information content (AvgIpc) is 3.15. The van der Waals surface area contributed by atoms with E-state index in [4.69, 9.17) is 9.47 Å². The molecule has 0 spiro atoms. The highest BCUT2D eigenvalue weighted by atomic mass is 32.2. The number of hydrogen-bond acceptors (Lipinski definition) is 6. The monoisotopic (exact) mass is 438 g/mol. The molecule has 1 N–H and O–H groups in total. The number of nitrogens with one attached hydrogen (secondary N) is 1. The first-order valence-electron chi connectivity index (χ1n) is 9.57. The Bertz CT molecular complexity index is 1300. The van der Waals surface area contributed by atoms with Gasteiger partial charge < -0.3 is 14.0 Å². The van der Waals surface area contributed by atoms with Crippen molar-refractivity contribution in [1.29, 1.82) is 0 Å². The number of sulfonamides is 1. The van der Waals surface area contributed by atoms with Crippen molar-refractivity contribution < 1.29 is 17.9 Å². The fourth-order valence-electron chi connectivity index (χ4n) is 3.30. The first-order valence-corrected chi connectivity index (χ1v) is 11.1. The predicted molar refractivity (Wildman–Crippen MR) is 117 cm³/mol. The van der Waals surface area contributed by atoms with Gasteiger partial charge in [0.15, 0.2) is 17.1 Å². The molecule has 2 aromatic carbocycles. The second-order valence-electron chi connectivity index (χ2n) is 6.79. The summed E-state index contributed by atoms with van der Waals surface area (Å²) in [5.41, 5.74) is 2.47. The zero-order valence-electron chi connectivity index (χ0n) is 17.1. The SMILES string of the molecule is COc1ccc(S(=O)(=O)NCc2nc3cccnc3n2Cc2ccccc2)cc1OC. The molecule has 4 rings (SSSR count). The molecule has 2 heterocycles. The fraction of sp³-hybridized carbons (Fsp3) is 0.182. The zero-order valence-corrected chi connectivity index (χ0v) is 18.0. The van der Waals surface area contributed by atoms with Crippen LogP contribution in [-0.4, -0.2) is 37.2 Å². The minimum Gasteiger partial charge on any atom is -0.493 e. The van der Waals surface area contributed by atoms with Gasteiger partial charge in [0.1, 0.15) is 11.3 Å². The molecule has 2 aromatic heterocycles. The Hall–Kier alpha value is -3.43. The highest BCUT2D eigenvalue weighted by Gasteiger charge is 2.19. The van der Waals surface area contributed by atoms with Crippen LogP contribution in [0.2, 0.25) is 0 Å². The quantitative estimate of drug-likeness (QED) is 0.454. The van der Waals surface area contributed by atoms with E-state index < -0.39 is 10.0 Å².